The molecule has 1 aliphatic rings. The lowest BCUT2D eigenvalue weighted by Crippen LogP contribution is -2.58. The molecule has 124 valence electrons. The molecule has 0 aromatic carbocycles. The van der Waals surface area contributed by atoms with Crippen LogP contribution in [-0.4, -0.2) is 55.1 Å². The molecule has 1 heterocycles. The van der Waals surface area contributed by atoms with Crippen molar-refractivity contribution in [3.63, 3.8) is 0 Å². The van der Waals surface area contributed by atoms with Gasteiger partial charge >= 0.3 is 23.9 Å². The third kappa shape index (κ3) is 5.32. The third-order valence-corrected chi connectivity index (χ3v) is 2.59. The quantitative estimate of drug-likeness (QED) is 0.509. The number of hydrogen-bond donors (Lipinski definition) is 0. The fourth-order valence-corrected chi connectivity index (χ4v) is 1.97. The predicted octanol–water partition coefficient (Wildman–Crippen LogP) is -0.299. The van der Waals surface area contributed by atoms with Crippen LogP contribution in [-0.2, 0) is 42.9 Å². The molecule has 1 aliphatic heterocycles. The first kappa shape index (κ1) is 17.9. The number of rotatable bonds is 4. The van der Waals surface area contributed by atoms with Crippen molar-refractivity contribution in [2.45, 2.75) is 52.3 Å². The van der Waals surface area contributed by atoms with Crippen LogP contribution in [0.15, 0.2) is 0 Å². The highest BCUT2D eigenvalue weighted by Gasteiger charge is 2.48. The molecule has 22 heavy (non-hydrogen) atoms. The minimum Gasteiger partial charge on any atom is -0.456 e. The molecule has 0 radical (unpaired) electrons. The Hall–Kier alpha value is -2.16. The maximum Gasteiger partial charge on any atom is 0.305 e. The Morgan fingerprint density at radius 1 is 0.727 bits per heavy atom. The summed E-state index contributed by atoms with van der Waals surface area (Å²) >= 11 is 0. The molecule has 1 saturated heterocycles. The molecule has 1 fully saturated rings. The molecule has 0 saturated carbocycles. The van der Waals surface area contributed by atoms with Gasteiger partial charge in [-0.05, 0) is 0 Å². The molecule has 0 N–H and O–H groups in total. The van der Waals surface area contributed by atoms with Crippen molar-refractivity contribution >= 4 is 23.9 Å². The van der Waals surface area contributed by atoms with Gasteiger partial charge in [0.2, 0.25) is 12.4 Å². The van der Waals surface area contributed by atoms with Gasteiger partial charge in [-0.25, -0.2) is 0 Å². The van der Waals surface area contributed by atoms with Crippen LogP contribution in [0.1, 0.15) is 27.7 Å². The Morgan fingerprint density at radius 2 is 1.18 bits per heavy atom. The molecular formula is C13H18O9. The summed E-state index contributed by atoms with van der Waals surface area (Å²) in [7, 11) is 0. The van der Waals surface area contributed by atoms with E-state index in [0.717, 1.165) is 20.8 Å². The first-order valence-electron chi connectivity index (χ1n) is 6.51. The van der Waals surface area contributed by atoms with Crippen LogP contribution >= 0.6 is 0 Å². The van der Waals surface area contributed by atoms with Crippen molar-refractivity contribution < 1.29 is 42.9 Å². The molecule has 4 atom stereocenters. The van der Waals surface area contributed by atoms with Crippen LogP contribution in [0.4, 0.5) is 0 Å². The molecule has 0 spiro atoms. The van der Waals surface area contributed by atoms with Crippen molar-refractivity contribution in [1.82, 2.24) is 0 Å². The average molecular weight is 318 g/mol. The molecule has 1 unspecified atom stereocenters. The Morgan fingerprint density at radius 3 is 1.64 bits per heavy atom. The normalized spacial score (nSPS) is 27.5. The topological polar surface area (TPSA) is 114 Å². The Kier molecular flexibility index (Phi) is 6.29. The van der Waals surface area contributed by atoms with Gasteiger partial charge in [0.05, 0.1) is 6.61 Å². The first-order chi connectivity index (χ1) is 10.2. The van der Waals surface area contributed by atoms with Gasteiger partial charge in [0.25, 0.3) is 0 Å². The standard InChI is InChI=1S/C13H18O9/c1-6(14)19-10-5-18-13(22-9(4)17)12(21-8(3)16)11(10)20-7(2)15/h10-13H,5H2,1-4H3/t10-,11-,12+,13?/m1/s1. The van der Waals surface area contributed by atoms with Gasteiger partial charge in [-0.2, -0.15) is 0 Å². The van der Waals surface area contributed by atoms with Crippen LogP contribution in [0.2, 0.25) is 0 Å². The Bertz CT molecular complexity index is 416. The second-order valence-electron chi connectivity index (χ2n) is 4.61. The van der Waals surface area contributed by atoms with Crippen molar-refractivity contribution in [2.24, 2.45) is 0 Å². The maximum atomic E-state index is 11.3. The van der Waals surface area contributed by atoms with E-state index in [2.05, 4.69) is 0 Å². The highest BCUT2D eigenvalue weighted by molar-refractivity contribution is 5.69. The third-order valence-electron chi connectivity index (χ3n) is 2.59. The van der Waals surface area contributed by atoms with E-state index in [-0.39, 0.29) is 6.61 Å². The molecule has 0 aliphatic carbocycles. The second-order valence-corrected chi connectivity index (χ2v) is 4.61. The highest BCUT2D eigenvalue weighted by atomic mass is 16.7. The molecule has 0 aromatic heterocycles. The van der Waals surface area contributed by atoms with Crippen LogP contribution in [0.25, 0.3) is 0 Å². The lowest BCUT2D eigenvalue weighted by molar-refractivity contribution is -0.273. The molecule has 1 rings (SSSR count). The summed E-state index contributed by atoms with van der Waals surface area (Å²) in [6.07, 6.45) is -4.65. The number of carbonyl (C=O) groups is 4. The summed E-state index contributed by atoms with van der Waals surface area (Å²) in [6, 6.07) is 0. The van der Waals surface area contributed by atoms with Gasteiger partial charge in [0.15, 0.2) is 12.2 Å². The van der Waals surface area contributed by atoms with Gasteiger partial charge in [-0.15, -0.1) is 0 Å². The van der Waals surface area contributed by atoms with Gasteiger partial charge in [0.1, 0.15) is 0 Å². The summed E-state index contributed by atoms with van der Waals surface area (Å²) in [4.78, 5) is 44.7. The molecule has 0 amide bonds. The summed E-state index contributed by atoms with van der Waals surface area (Å²) in [6.45, 7) is 4.40. The smallest absolute Gasteiger partial charge is 0.305 e. The predicted molar refractivity (Wildman–Crippen MR) is 68.2 cm³/mol. The maximum absolute atomic E-state index is 11.3. The van der Waals surface area contributed by atoms with Crippen molar-refractivity contribution in [2.75, 3.05) is 6.61 Å². The summed E-state index contributed by atoms with van der Waals surface area (Å²) in [5.41, 5.74) is 0. The fraction of sp³-hybridized carbons (Fsp3) is 0.692. The minimum absolute atomic E-state index is 0.187. The van der Waals surface area contributed by atoms with E-state index in [4.69, 9.17) is 23.7 Å². The average Bonchev–Trinajstić information content (AvgIpc) is 2.34. The minimum atomic E-state index is -1.27. The van der Waals surface area contributed by atoms with Gasteiger partial charge in [-0.3, -0.25) is 19.2 Å². The first-order valence-corrected chi connectivity index (χ1v) is 6.51. The Balaban J connectivity index is 3.03. The van der Waals surface area contributed by atoms with E-state index in [0.29, 0.717) is 0 Å². The number of hydrogen-bond acceptors (Lipinski definition) is 9. The molecular weight excluding hydrogens is 300 g/mol. The zero-order chi connectivity index (χ0) is 16.9. The SMILES string of the molecule is CC(=O)OC1OC[C@@H](OC(C)=O)[C@@H](OC(C)=O)[C@@H]1OC(C)=O. The zero-order valence-electron chi connectivity index (χ0n) is 12.7. The zero-order valence-corrected chi connectivity index (χ0v) is 12.7. The lowest BCUT2D eigenvalue weighted by Gasteiger charge is -2.39. The number of ether oxygens (including phenoxy) is 5. The van der Waals surface area contributed by atoms with Gasteiger partial charge in [0, 0.05) is 27.7 Å². The van der Waals surface area contributed by atoms with E-state index >= 15 is 0 Å². The second kappa shape index (κ2) is 7.74. The summed E-state index contributed by atoms with van der Waals surface area (Å²) in [5.74, 6) is -2.68. The lowest BCUT2D eigenvalue weighted by atomic mass is 10.0. The molecule has 0 aromatic rings. The summed E-state index contributed by atoms with van der Waals surface area (Å²) in [5, 5.41) is 0. The van der Waals surface area contributed by atoms with Crippen LogP contribution < -0.4 is 0 Å². The highest BCUT2D eigenvalue weighted by Crippen LogP contribution is 2.25. The van der Waals surface area contributed by atoms with E-state index in [1.807, 2.05) is 0 Å². The van der Waals surface area contributed by atoms with E-state index < -0.39 is 48.5 Å². The van der Waals surface area contributed by atoms with Crippen molar-refractivity contribution in [1.29, 1.82) is 0 Å². The van der Waals surface area contributed by atoms with Crippen LogP contribution in [0.3, 0.4) is 0 Å². The molecule has 9 nitrogen and oxygen atoms in total. The van der Waals surface area contributed by atoms with E-state index in [1.54, 1.807) is 0 Å². The van der Waals surface area contributed by atoms with Crippen molar-refractivity contribution in [3.8, 4) is 0 Å². The number of carbonyl (C=O) groups excluding carboxylic acids is 4. The largest absolute Gasteiger partial charge is 0.456 e. The van der Waals surface area contributed by atoms with E-state index in [1.165, 1.54) is 6.92 Å². The van der Waals surface area contributed by atoms with Crippen LogP contribution in [0, 0.1) is 0 Å². The number of esters is 4. The van der Waals surface area contributed by atoms with Crippen LogP contribution in [0.5, 0.6) is 0 Å². The fourth-order valence-electron chi connectivity index (χ4n) is 1.97. The monoisotopic (exact) mass is 318 g/mol. The Labute approximate surface area is 126 Å². The van der Waals surface area contributed by atoms with Gasteiger partial charge in [-0.1, -0.05) is 0 Å². The van der Waals surface area contributed by atoms with Gasteiger partial charge < -0.3 is 23.7 Å². The van der Waals surface area contributed by atoms with Crippen molar-refractivity contribution in [3.05, 3.63) is 0 Å². The molecule has 9 heteroatoms. The summed E-state index contributed by atoms with van der Waals surface area (Å²) < 4.78 is 25.2. The van der Waals surface area contributed by atoms with E-state index in [9.17, 15) is 19.2 Å². The molecule has 0 bridgehead atoms.